The third-order valence-electron chi connectivity index (χ3n) is 5.60. The van der Waals surface area contributed by atoms with Crippen molar-refractivity contribution in [2.75, 3.05) is 47.6 Å². The van der Waals surface area contributed by atoms with Crippen molar-refractivity contribution in [3.05, 3.63) is 46.2 Å². The van der Waals surface area contributed by atoms with Gasteiger partial charge in [0.05, 0.1) is 27.3 Å². The summed E-state index contributed by atoms with van der Waals surface area (Å²) >= 11 is 1.63. The topological polar surface area (TPSA) is 68.3 Å². The molecule has 0 aliphatic heterocycles. The van der Waals surface area contributed by atoms with Crippen LogP contribution in [0.4, 0.5) is 0 Å². The molecule has 0 atom stereocenters. The Labute approximate surface area is 207 Å². The Hall–Kier alpha value is -2.58. The quantitative estimate of drug-likeness (QED) is 0.327. The molecule has 0 saturated carbocycles. The number of amides is 2. The van der Waals surface area contributed by atoms with Gasteiger partial charge in [0.1, 0.15) is 0 Å². The maximum atomic E-state index is 13.4. The standard InChI is InChI=1S/C26H38N2O5S/c1-5-6-10-25(29)27(14-8-16-31-2)20-26(30)28(19-22-9-7-17-34-22)15-13-21-11-12-23(32-3)24(18-21)33-4/h7,9,11-12,17-18H,5-6,8,10,13-16,19-20H2,1-4H3. The fourth-order valence-corrected chi connectivity index (χ4v) is 4.34. The van der Waals surface area contributed by atoms with Gasteiger partial charge in [-0.25, -0.2) is 0 Å². The van der Waals surface area contributed by atoms with Crippen molar-refractivity contribution in [3.8, 4) is 11.5 Å². The number of rotatable bonds is 16. The van der Waals surface area contributed by atoms with Crippen molar-refractivity contribution in [1.29, 1.82) is 0 Å². The first-order valence-electron chi connectivity index (χ1n) is 11.8. The molecule has 1 aromatic carbocycles. The second-order valence-electron chi connectivity index (χ2n) is 8.10. The highest BCUT2D eigenvalue weighted by atomic mass is 32.1. The van der Waals surface area contributed by atoms with Crippen molar-refractivity contribution in [3.63, 3.8) is 0 Å². The molecule has 0 aliphatic carbocycles. The predicted molar refractivity (Wildman–Crippen MR) is 136 cm³/mol. The molecule has 0 bridgehead atoms. The van der Waals surface area contributed by atoms with E-state index in [4.69, 9.17) is 14.2 Å². The Bertz CT molecular complexity index is 872. The Morgan fingerprint density at radius 3 is 2.38 bits per heavy atom. The van der Waals surface area contributed by atoms with Crippen LogP contribution in [0.15, 0.2) is 35.7 Å². The van der Waals surface area contributed by atoms with E-state index >= 15 is 0 Å². The van der Waals surface area contributed by atoms with Gasteiger partial charge in [0, 0.05) is 38.1 Å². The summed E-state index contributed by atoms with van der Waals surface area (Å²) in [4.78, 5) is 30.8. The van der Waals surface area contributed by atoms with Crippen LogP contribution in [0.25, 0.3) is 0 Å². The van der Waals surface area contributed by atoms with Crippen molar-refractivity contribution >= 4 is 23.2 Å². The number of carbonyl (C=O) groups is 2. The number of hydrogen-bond donors (Lipinski definition) is 0. The molecule has 2 amide bonds. The van der Waals surface area contributed by atoms with E-state index in [0.29, 0.717) is 57.0 Å². The molecule has 0 aliphatic rings. The van der Waals surface area contributed by atoms with E-state index in [1.54, 1.807) is 37.6 Å². The maximum Gasteiger partial charge on any atom is 0.242 e. The van der Waals surface area contributed by atoms with Gasteiger partial charge in [0.2, 0.25) is 11.8 Å². The number of unbranched alkanes of at least 4 members (excludes halogenated alkanes) is 1. The summed E-state index contributed by atoms with van der Waals surface area (Å²) in [6.07, 6.45) is 3.61. The van der Waals surface area contributed by atoms with Gasteiger partial charge in [-0.05, 0) is 48.4 Å². The number of benzene rings is 1. The Morgan fingerprint density at radius 2 is 1.74 bits per heavy atom. The minimum Gasteiger partial charge on any atom is -0.493 e. The molecule has 0 radical (unpaired) electrons. The molecule has 8 heteroatoms. The lowest BCUT2D eigenvalue weighted by Gasteiger charge is -2.28. The molecule has 1 heterocycles. The summed E-state index contributed by atoms with van der Waals surface area (Å²) in [6, 6.07) is 9.83. The molecule has 7 nitrogen and oxygen atoms in total. The van der Waals surface area contributed by atoms with E-state index < -0.39 is 0 Å². The van der Waals surface area contributed by atoms with Gasteiger partial charge in [0.25, 0.3) is 0 Å². The van der Waals surface area contributed by atoms with Gasteiger partial charge < -0.3 is 24.0 Å². The van der Waals surface area contributed by atoms with Gasteiger partial charge in [-0.2, -0.15) is 0 Å². The molecule has 188 valence electrons. The molecule has 2 aromatic rings. The van der Waals surface area contributed by atoms with Crippen LogP contribution in [0.1, 0.15) is 43.0 Å². The highest BCUT2D eigenvalue weighted by Gasteiger charge is 2.21. The number of thiophene rings is 1. The van der Waals surface area contributed by atoms with E-state index in [1.165, 1.54) is 0 Å². The lowest BCUT2D eigenvalue weighted by molar-refractivity contribution is -0.141. The van der Waals surface area contributed by atoms with Crippen LogP contribution in [0.5, 0.6) is 11.5 Å². The van der Waals surface area contributed by atoms with Crippen LogP contribution in [0.3, 0.4) is 0 Å². The van der Waals surface area contributed by atoms with Gasteiger partial charge in [0.15, 0.2) is 11.5 Å². The monoisotopic (exact) mass is 490 g/mol. The van der Waals surface area contributed by atoms with E-state index in [0.717, 1.165) is 23.3 Å². The zero-order chi connectivity index (χ0) is 24.8. The number of ether oxygens (including phenoxy) is 3. The largest absolute Gasteiger partial charge is 0.493 e. The number of nitrogens with zero attached hydrogens (tertiary/aromatic N) is 2. The Kier molecular flexibility index (Phi) is 12.5. The van der Waals surface area contributed by atoms with Crippen molar-refractivity contribution < 1.29 is 23.8 Å². The number of carbonyl (C=O) groups excluding carboxylic acids is 2. The SMILES string of the molecule is CCCCC(=O)N(CCCOC)CC(=O)N(CCc1ccc(OC)c(OC)c1)Cc1cccs1. The molecule has 2 rings (SSSR count). The van der Waals surface area contributed by atoms with Crippen LogP contribution in [-0.2, 0) is 27.3 Å². The average Bonchev–Trinajstić information content (AvgIpc) is 3.37. The van der Waals surface area contributed by atoms with Crippen molar-refractivity contribution in [2.24, 2.45) is 0 Å². The maximum absolute atomic E-state index is 13.4. The fraction of sp³-hybridized carbons (Fsp3) is 0.538. The number of methoxy groups -OCH3 is 3. The van der Waals surface area contributed by atoms with E-state index in [1.807, 2.05) is 40.6 Å². The van der Waals surface area contributed by atoms with Crippen molar-refractivity contribution in [2.45, 2.75) is 45.6 Å². The summed E-state index contributed by atoms with van der Waals surface area (Å²) in [5.41, 5.74) is 1.05. The van der Waals surface area contributed by atoms with Gasteiger partial charge >= 0.3 is 0 Å². The summed E-state index contributed by atoms with van der Waals surface area (Å²) in [5, 5.41) is 2.01. The summed E-state index contributed by atoms with van der Waals surface area (Å²) in [6.45, 7) is 4.29. The first-order valence-corrected chi connectivity index (χ1v) is 12.7. The molecule has 0 saturated heterocycles. The molecule has 0 unspecified atom stereocenters. The van der Waals surface area contributed by atoms with Gasteiger partial charge in [-0.15, -0.1) is 11.3 Å². The average molecular weight is 491 g/mol. The van der Waals surface area contributed by atoms with Crippen LogP contribution < -0.4 is 9.47 Å². The molecule has 1 aromatic heterocycles. The minimum absolute atomic E-state index is 0.0299. The predicted octanol–water partition coefficient (Wildman–Crippen LogP) is 4.39. The lowest BCUT2D eigenvalue weighted by Crippen LogP contribution is -2.43. The summed E-state index contributed by atoms with van der Waals surface area (Å²) in [7, 11) is 4.87. The highest BCUT2D eigenvalue weighted by Crippen LogP contribution is 2.28. The van der Waals surface area contributed by atoms with Gasteiger partial charge in [-0.1, -0.05) is 25.5 Å². The molecular formula is C26H38N2O5S. The third kappa shape index (κ3) is 8.99. The van der Waals surface area contributed by atoms with E-state index in [2.05, 4.69) is 6.92 Å². The molecule has 34 heavy (non-hydrogen) atoms. The first kappa shape index (κ1) is 27.7. The zero-order valence-corrected chi connectivity index (χ0v) is 21.7. The minimum atomic E-state index is -0.0452. The van der Waals surface area contributed by atoms with E-state index in [9.17, 15) is 9.59 Å². The number of hydrogen-bond acceptors (Lipinski definition) is 6. The Balaban J connectivity index is 2.12. The molecule has 0 N–H and O–H groups in total. The molecule has 0 fully saturated rings. The van der Waals surface area contributed by atoms with Crippen LogP contribution in [-0.4, -0.2) is 69.2 Å². The first-order chi connectivity index (χ1) is 16.5. The molecule has 0 spiro atoms. The fourth-order valence-electron chi connectivity index (χ4n) is 3.62. The smallest absolute Gasteiger partial charge is 0.242 e. The van der Waals surface area contributed by atoms with E-state index in [-0.39, 0.29) is 18.4 Å². The summed E-state index contributed by atoms with van der Waals surface area (Å²) < 4.78 is 15.9. The highest BCUT2D eigenvalue weighted by molar-refractivity contribution is 7.09. The zero-order valence-electron chi connectivity index (χ0n) is 20.9. The Morgan fingerprint density at radius 1 is 0.941 bits per heavy atom. The normalized spacial score (nSPS) is 10.7. The third-order valence-corrected chi connectivity index (χ3v) is 6.46. The van der Waals surface area contributed by atoms with Gasteiger partial charge in [-0.3, -0.25) is 9.59 Å². The summed E-state index contributed by atoms with van der Waals surface area (Å²) in [5.74, 6) is 1.33. The second kappa shape index (κ2) is 15.3. The lowest BCUT2D eigenvalue weighted by atomic mass is 10.1. The van der Waals surface area contributed by atoms with Crippen molar-refractivity contribution in [1.82, 2.24) is 9.80 Å². The van der Waals surface area contributed by atoms with Crippen LogP contribution in [0, 0.1) is 0 Å². The molecular weight excluding hydrogens is 452 g/mol. The second-order valence-corrected chi connectivity index (χ2v) is 9.13. The van der Waals surface area contributed by atoms with Crippen LogP contribution >= 0.6 is 11.3 Å². The van der Waals surface area contributed by atoms with Crippen LogP contribution in [0.2, 0.25) is 0 Å².